The van der Waals surface area contributed by atoms with E-state index in [1.165, 1.54) is 0 Å². The lowest BCUT2D eigenvalue weighted by molar-refractivity contribution is 0.295. The minimum absolute atomic E-state index is 0.182. The van der Waals surface area contributed by atoms with Gasteiger partial charge in [0.15, 0.2) is 11.6 Å². The van der Waals surface area contributed by atoms with E-state index in [9.17, 15) is 0 Å². The van der Waals surface area contributed by atoms with Gasteiger partial charge in [-0.05, 0) is 6.92 Å². The standard InChI is InChI=1S/C11H17N7O/c1-4-18-6-8(5-13-18)19-7-9-14-10(12)16-11(15-9)17(2)3/h5-6H,4,7H2,1-3H3,(H2,12,14,15,16). The highest BCUT2D eigenvalue weighted by molar-refractivity contribution is 5.32. The first kappa shape index (κ1) is 13.1. The predicted octanol–water partition coefficient (Wildman–Crippen LogP) is 0.315. The summed E-state index contributed by atoms with van der Waals surface area (Å²) in [6, 6.07) is 0. The topological polar surface area (TPSA) is 95.0 Å². The van der Waals surface area contributed by atoms with Gasteiger partial charge < -0.3 is 15.4 Å². The molecule has 0 unspecified atom stereocenters. The molecule has 0 fully saturated rings. The van der Waals surface area contributed by atoms with Crippen LogP contribution in [0.15, 0.2) is 12.4 Å². The van der Waals surface area contributed by atoms with E-state index in [2.05, 4.69) is 20.1 Å². The summed E-state index contributed by atoms with van der Waals surface area (Å²) in [7, 11) is 3.68. The van der Waals surface area contributed by atoms with Crippen molar-refractivity contribution in [2.45, 2.75) is 20.1 Å². The van der Waals surface area contributed by atoms with Crippen molar-refractivity contribution >= 4 is 11.9 Å². The zero-order valence-electron chi connectivity index (χ0n) is 11.2. The van der Waals surface area contributed by atoms with Crippen LogP contribution in [0.1, 0.15) is 12.7 Å². The molecule has 0 aliphatic heterocycles. The summed E-state index contributed by atoms with van der Waals surface area (Å²) in [6.07, 6.45) is 3.47. The van der Waals surface area contributed by atoms with Crippen molar-refractivity contribution in [1.82, 2.24) is 24.7 Å². The summed E-state index contributed by atoms with van der Waals surface area (Å²) in [5, 5.41) is 4.12. The fourth-order valence-electron chi connectivity index (χ4n) is 1.43. The number of aryl methyl sites for hydroxylation is 1. The van der Waals surface area contributed by atoms with Crippen molar-refractivity contribution in [3.63, 3.8) is 0 Å². The summed E-state index contributed by atoms with van der Waals surface area (Å²) in [4.78, 5) is 14.1. The maximum absolute atomic E-state index is 5.63. The van der Waals surface area contributed by atoms with Gasteiger partial charge in [0, 0.05) is 20.6 Å². The molecule has 2 aromatic heterocycles. The average Bonchev–Trinajstić information content (AvgIpc) is 2.83. The molecule has 0 amide bonds. The highest BCUT2D eigenvalue weighted by Crippen LogP contribution is 2.11. The van der Waals surface area contributed by atoms with Crippen LogP contribution in [0.3, 0.4) is 0 Å². The molecular weight excluding hydrogens is 246 g/mol. The predicted molar refractivity (Wildman–Crippen MR) is 70.8 cm³/mol. The van der Waals surface area contributed by atoms with Crippen LogP contribution in [0.5, 0.6) is 5.75 Å². The lowest BCUT2D eigenvalue weighted by atomic mass is 10.6. The van der Waals surface area contributed by atoms with Crippen LogP contribution in [0.25, 0.3) is 0 Å². The van der Waals surface area contributed by atoms with Crippen molar-refractivity contribution in [2.75, 3.05) is 24.7 Å². The quantitative estimate of drug-likeness (QED) is 0.829. The van der Waals surface area contributed by atoms with Gasteiger partial charge in [-0.2, -0.15) is 20.1 Å². The molecule has 102 valence electrons. The molecule has 0 saturated carbocycles. The van der Waals surface area contributed by atoms with E-state index >= 15 is 0 Å². The van der Waals surface area contributed by atoms with Gasteiger partial charge in [-0.25, -0.2) is 0 Å². The fourth-order valence-corrected chi connectivity index (χ4v) is 1.43. The molecule has 0 aliphatic rings. The van der Waals surface area contributed by atoms with E-state index < -0.39 is 0 Å². The van der Waals surface area contributed by atoms with E-state index in [1.807, 2.05) is 27.2 Å². The minimum Gasteiger partial charge on any atom is -0.482 e. The van der Waals surface area contributed by atoms with E-state index in [0.717, 1.165) is 6.54 Å². The second kappa shape index (κ2) is 5.51. The molecule has 8 heteroatoms. The SMILES string of the molecule is CCn1cc(OCc2nc(N)nc(N(C)C)n2)cn1. The van der Waals surface area contributed by atoms with Crippen molar-refractivity contribution in [2.24, 2.45) is 0 Å². The summed E-state index contributed by atoms with van der Waals surface area (Å²) in [6.45, 7) is 3.03. The van der Waals surface area contributed by atoms with Crippen molar-refractivity contribution < 1.29 is 4.74 Å². The van der Waals surface area contributed by atoms with Crippen LogP contribution >= 0.6 is 0 Å². The monoisotopic (exact) mass is 263 g/mol. The number of nitrogens with two attached hydrogens (primary N) is 1. The first-order valence-electron chi connectivity index (χ1n) is 5.91. The molecule has 0 spiro atoms. The largest absolute Gasteiger partial charge is 0.482 e. The number of ether oxygens (including phenoxy) is 1. The molecule has 0 aromatic carbocycles. The molecular formula is C11H17N7O. The van der Waals surface area contributed by atoms with Crippen LogP contribution in [-0.4, -0.2) is 38.8 Å². The van der Waals surface area contributed by atoms with Gasteiger partial charge in [0.2, 0.25) is 11.9 Å². The number of nitrogens with zero attached hydrogens (tertiary/aromatic N) is 6. The van der Waals surface area contributed by atoms with Gasteiger partial charge in [0.05, 0.1) is 12.4 Å². The molecule has 2 N–H and O–H groups in total. The minimum atomic E-state index is 0.182. The Labute approximate surface area is 111 Å². The molecule has 2 aromatic rings. The smallest absolute Gasteiger partial charge is 0.230 e. The van der Waals surface area contributed by atoms with Crippen LogP contribution < -0.4 is 15.4 Å². The van der Waals surface area contributed by atoms with Gasteiger partial charge in [0.1, 0.15) is 6.61 Å². The molecule has 0 atom stereocenters. The fraction of sp³-hybridized carbons (Fsp3) is 0.455. The highest BCUT2D eigenvalue weighted by Gasteiger charge is 2.07. The normalized spacial score (nSPS) is 10.5. The van der Waals surface area contributed by atoms with Crippen molar-refractivity contribution in [1.29, 1.82) is 0 Å². The average molecular weight is 263 g/mol. The second-order valence-electron chi connectivity index (χ2n) is 4.12. The summed E-state index contributed by atoms with van der Waals surface area (Å²) < 4.78 is 7.33. The number of anilines is 2. The van der Waals surface area contributed by atoms with Crippen LogP contribution in [-0.2, 0) is 13.2 Å². The maximum Gasteiger partial charge on any atom is 0.230 e. The van der Waals surface area contributed by atoms with E-state index in [0.29, 0.717) is 17.5 Å². The van der Waals surface area contributed by atoms with Crippen LogP contribution in [0, 0.1) is 0 Å². The second-order valence-corrected chi connectivity index (χ2v) is 4.12. The Bertz CT molecular complexity index is 552. The number of rotatable bonds is 5. The molecule has 19 heavy (non-hydrogen) atoms. The Kier molecular flexibility index (Phi) is 3.79. The third-order valence-corrected chi connectivity index (χ3v) is 2.39. The van der Waals surface area contributed by atoms with Gasteiger partial charge in [-0.3, -0.25) is 4.68 Å². The summed E-state index contributed by atoms with van der Waals surface area (Å²) in [5.41, 5.74) is 5.63. The zero-order valence-corrected chi connectivity index (χ0v) is 11.2. The Balaban J connectivity index is 2.06. The molecule has 0 saturated heterocycles. The zero-order chi connectivity index (χ0) is 13.8. The van der Waals surface area contributed by atoms with E-state index in [-0.39, 0.29) is 12.6 Å². The summed E-state index contributed by atoms with van der Waals surface area (Å²) >= 11 is 0. The van der Waals surface area contributed by atoms with Gasteiger partial charge in [0.25, 0.3) is 0 Å². The molecule has 2 rings (SSSR count). The van der Waals surface area contributed by atoms with Gasteiger partial charge >= 0.3 is 0 Å². The Morgan fingerprint density at radius 2 is 2.11 bits per heavy atom. The van der Waals surface area contributed by atoms with Crippen LogP contribution in [0.4, 0.5) is 11.9 Å². The molecule has 8 nitrogen and oxygen atoms in total. The molecule has 0 aliphatic carbocycles. The summed E-state index contributed by atoms with van der Waals surface area (Å²) in [5.74, 6) is 1.85. The Morgan fingerprint density at radius 3 is 2.74 bits per heavy atom. The third-order valence-electron chi connectivity index (χ3n) is 2.39. The van der Waals surface area contributed by atoms with Gasteiger partial charge in [-0.15, -0.1) is 0 Å². The maximum atomic E-state index is 5.63. The number of aromatic nitrogens is 5. The Morgan fingerprint density at radius 1 is 1.32 bits per heavy atom. The first-order chi connectivity index (χ1) is 9.08. The molecule has 2 heterocycles. The first-order valence-corrected chi connectivity index (χ1v) is 5.91. The van der Waals surface area contributed by atoms with Crippen molar-refractivity contribution in [3.05, 3.63) is 18.2 Å². The number of hydrogen-bond donors (Lipinski definition) is 1. The lowest BCUT2D eigenvalue weighted by Gasteiger charge is -2.11. The molecule has 0 radical (unpaired) electrons. The van der Waals surface area contributed by atoms with E-state index in [1.54, 1.807) is 15.8 Å². The van der Waals surface area contributed by atoms with E-state index in [4.69, 9.17) is 10.5 Å². The third kappa shape index (κ3) is 3.30. The lowest BCUT2D eigenvalue weighted by Crippen LogP contribution is -2.16. The van der Waals surface area contributed by atoms with Gasteiger partial charge in [-0.1, -0.05) is 0 Å². The molecule has 0 bridgehead atoms. The number of hydrogen-bond acceptors (Lipinski definition) is 7. The van der Waals surface area contributed by atoms with Crippen LogP contribution in [0.2, 0.25) is 0 Å². The number of nitrogen functional groups attached to an aromatic ring is 1. The van der Waals surface area contributed by atoms with Crippen molar-refractivity contribution in [3.8, 4) is 5.75 Å². The highest BCUT2D eigenvalue weighted by atomic mass is 16.5. The Hall–Kier alpha value is -2.38.